The first kappa shape index (κ1) is 7.59. The van der Waals surface area contributed by atoms with E-state index in [9.17, 15) is 9.90 Å². The molecule has 5 N–H and O–H groups in total. The van der Waals surface area contributed by atoms with E-state index in [0.29, 0.717) is 0 Å². The first-order valence-electron chi connectivity index (χ1n) is 16.0. The van der Waals surface area contributed by atoms with Crippen LogP contribution >= 0.6 is 11.3 Å². The van der Waals surface area contributed by atoms with Crippen molar-refractivity contribution in [2.45, 2.75) is 18.9 Å². The molecule has 0 fully saturated rings. The SMILES string of the molecule is [2H]c1sc(N)nc1CC(=O)Nc1c([2H])c([2H])c(C([2H])([2H])C([2H])([2H])NC([2H])([2H])[C@]([2H])(O)c2c([2H])c([2H])c([2H])c([2H])c2[2H])c([2H])c1[2H]. The molecule has 6 nitrogen and oxygen atoms in total. The van der Waals surface area contributed by atoms with E-state index in [1.807, 2.05) is 0 Å². The molecule has 0 unspecified atom stereocenters. The topological polar surface area (TPSA) is 100 Å². The molecule has 1 atom stereocenters. The van der Waals surface area contributed by atoms with Crippen molar-refractivity contribution in [2.75, 3.05) is 24.0 Å². The molecule has 1 aromatic heterocycles. The molecule has 3 rings (SSSR count). The molecule has 0 bridgehead atoms. The highest BCUT2D eigenvalue weighted by molar-refractivity contribution is 7.13. The second kappa shape index (κ2) is 9.98. The Morgan fingerprint density at radius 1 is 1.29 bits per heavy atom. The summed E-state index contributed by atoms with van der Waals surface area (Å²) in [6.45, 7) is -7.62. The van der Waals surface area contributed by atoms with Gasteiger partial charge in [0, 0.05) is 25.8 Å². The van der Waals surface area contributed by atoms with Crippen LogP contribution < -0.4 is 16.4 Å². The van der Waals surface area contributed by atoms with Crippen molar-refractivity contribution in [3.05, 3.63) is 76.6 Å². The number of hydrogen-bond acceptors (Lipinski definition) is 6. The zero-order chi connectivity index (χ0) is 34.8. The molecular weight excluding hydrogens is 372 g/mol. The van der Waals surface area contributed by atoms with Gasteiger partial charge >= 0.3 is 0 Å². The number of carbonyl (C=O) groups is 1. The Morgan fingerprint density at radius 3 is 2.71 bits per heavy atom. The summed E-state index contributed by atoms with van der Waals surface area (Å²) < 4.78 is 138. The smallest absolute Gasteiger partial charge is 0.230 e. The van der Waals surface area contributed by atoms with Gasteiger partial charge in [-0.05, 0) is 36.1 Å². The maximum absolute atomic E-state index is 12.5. The number of nitrogens with two attached hydrogens (primary N) is 1. The summed E-state index contributed by atoms with van der Waals surface area (Å²) in [5.41, 5.74) is 2.18. The van der Waals surface area contributed by atoms with Crippen LogP contribution in [-0.2, 0) is 17.6 Å². The normalized spacial score (nSPS) is 23.2. The predicted octanol–water partition coefficient (Wildman–Crippen LogP) is 2.77. The van der Waals surface area contributed by atoms with Gasteiger partial charge in [0.25, 0.3) is 0 Å². The maximum atomic E-state index is 12.5. The molecule has 0 aliphatic heterocycles. The third kappa shape index (κ3) is 6.16. The molecule has 0 spiro atoms. The number of aliphatic hydroxyl groups is 1. The van der Waals surface area contributed by atoms with Gasteiger partial charge in [0.2, 0.25) is 5.91 Å². The molecule has 146 valence electrons. The van der Waals surface area contributed by atoms with Crippen LogP contribution in [0.4, 0.5) is 10.8 Å². The molecule has 3 aromatic rings. The van der Waals surface area contributed by atoms with E-state index < -0.39 is 109 Å². The molecule has 0 saturated carbocycles. The monoisotopic (exact) mass is 413 g/mol. The van der Waals surface area contributed by atoms with Crippen LogP contribution in [0.1, 0.15) is 46.2 Å². The molecule has 0 aliphatic rings. The van der Waals surface area contributed by atoms with Crippen molar-refractivity contribution < 1.29 is 33.2 Å². The number of nitrogen functional groups attached to an aromatic ring is 1. The van der Waals surface area contributed by atoms with Crippen LogP contribution in [0.3, 0.4) is 0 Å². The fourth-order valence-corrected chi connectivity index (χ4v) is 2.25. The minimum absolute atomic E-state index is 0.00283. The molecular formula is C21H24N4O2S. The number of benzene rings is 2. The minimum atomic E-state index is -3.85. The lowest BCUT2D eigenvalue weighted by atomic mass is 10.1. The molecule has 28 heavy (non-hydrogen) atoms. The highest BCUT2D eigenvalue weighted by Gasteiger charge is 2.08. The van der Waals surface area contributed by atoms with E-state index >= 15 is 0 Å². The van der Waals surface area contributed by atoms with Crippen molar-refractivity contribution in [3.8, 4) is 0 Å². The summed E-state index contributed by atoms with van der Waals surface area (Å²) in [5.74, 6) is -0.932. The van der Waals surface area contributed by atoms with Crippen LogP contribution in [0.2, 0.25) is 0 Å². The Kier molecular flexibility index (Phi) is 2.71. The standard InChI is InChI=1S/C21H24N4O2S/c22-21-25-18(14-28-21)12-20(27)24-17-8-6-15(7-9-17)10-11-23-13-19(26)16-4-2-1-3-5-16/h1-9,14,19,23,26H,10-13H2,(H2,22,25)(H,24,27)/t19-/m0/s1/i1D,2D,3D,4D,5D,6D,7D,8D,9D,10D2,11D2,13D2,14D,19D. The van der Waals surface area contributed by atoms with Crippen LogP contribution in [0, 0.1) is 0 Å². The van der Waals surface area contributed by atoms with Gasteiger partial charge in [-0.2, -0.15) is 0 Å². The second-order valence-corrected chi connectivity index (χ2v) is 5.75. The number of thiazole rings is 1. The molecule has 0 aliphatic carbocycles. The number of carbonyl (C=O) groups excluding carboxylic acids is 1. The fourth-order valence-electron chi connectivity index (χ4n) is 1.75. The zero-order valence-corrected chi connectivity index (χ0v) is 14.8. The van der Waals surface area contributed by atoms with Crippen LogP contribution in [0.25, 0.3) is 0 Å². The molecule has 0 radical (unpaired) electrons. The molecule has 0 saturated heterocycles. The Balaban J connectivity index is 2.04. The Labute approximate surface area is 192 Å². The first-order chi connectivity index (χ1) is 20.3. The summed E-state index contributed by atoms with van der Waals surface area (Å²) in [6, 6.07) is -9.83. The van der Waals surface area contributed by atoms with E-state index in [-0.39, 0.29) is 16.2 Å². The van der Waals surface area contributed by atoms with E-state index in [4.69, 9.17) is 29.0 Å². The van der Waals surface area contributed by atoms with E-state index in [1.54, 1.807) is 0 Å². The number of anilines is 2. The van der Waals surface area contributed by atoms with Crippen LogP contribution in [-0.4, -0.2) is 29.0 Å². The summed E-state index contributed by atoms with van der Waals surface area (Å²) in [4.78, 5) is 16.3. The minimum Gasteiger partial charge on any atom is -0.387 e. The first-order valence-corrected chi connectivity index (χ1v) is 8.35. The summed E-state index contributed by atoms with van der Waals surface area (Å²) in [6.07, 6.45) is -8.08. The van der Waals surface area contributed by atoms with Crippen molar-refractivity contribution in [1.82, 2.24) is 10.3 Å². The Morgan fingerprint density at radius 2 is 2.04 bits per heavy atom. The largest absolute Gasteiger partial charge is 0.387 e. The van der Waals surface area contributed by atoms with Crippen molar-refractivity contribution in [1.29, 1.82) is 0 Å². The van der Waals surface area contributed by atoms with Gasteiger partial charge in [0.05, 0.1) is 33.3 Å². The average Bonchev–Trinajstić information content (AvgIpc) is 3.22. The van der Waals surface area contributed by atoms with Crippen LogP contribution in [0.5, 0.6) is 0 Å². The third-order valence-corrected chi connectivity index (χ3v) is 3.54. The van der Waals surface area contributed by atoms with Gasteiger partial charge in [0.1, 0.15) is 0 Å². The number of nitrogens with zero attached hydrogens (tertiary/aromatic N) is 1. The lowest BCUT2D eigenvalue weighted by molar-refractivity contribution is -0.115. The van der Waals surface area contributed by atoms with Gasteiger partial charge in [-0.25, -0.2) is 4.98 Å². The summed E-state index contributed by atoms with van der Waals surface area (Å²) in [5, 5.41) is 14.2. The lowest BCUT2D eigenvalue weighted by Gasteiger charge is -2.12. The maximum Gasteiger partial charge on any atom is 0.230 e. The molecule has 2 aromatic carbocycles. The summed E-state index contributed by atoms with van der Waals surface area (Å²) >= 11 is 0.782. The van der Waals surface area contributed by atoms with E-state index in [1.165, 1.54) is 5.32 Å². The van der Waals surface area contributed by atoms with Gasteiger partial charge in [-0.15, -0.1) is 11.3 Å². The molecule has 1 amide bonds. The van der Waals surface area contributed by atoms with Gasteiger partial charge in [-0.3, -0.25) is 4.79 Å². The third-order valence-electron chi connectivity index (χ3n) is 2.90. The second-order valence-electron chi connectivity index (χ2n) is 4.92. The molecule has 7 heteroatoms. The van der Waals surface area contributed by atoms with Gasteiger partial charge in [-0.1, -0.05) is 42.3 Å². The highest BCUT2D eigenvalue weighted by Crippen LogP contribution is 2.14. The van der Waals surface area contributed by atoms with Gasteiger partial charge in [0.15, 0.2) is 5.13 Å². The number of aromatic nitrogens is 1. The number of nitrogens with one attached hydrogen (secondary N) is 2. The Bertz CT molecular complexity index is 1640. The number of amides is 1. The highest BCUT2D eigenvalue weighted by atomic mass is 32.1. The van der Waals surface area contributed by atoms with Gasteiger partial charge < -0.3 is 21.5 Å². The lowest BCUT2D eigenvalue weighted by Crippen LogP contribution is -2.23. The van der Waals surface area contributed by atoms with Crippen LogP contribution in [0.15, 0.2) is 59.7 Å². The fraction of sp³-hybridized carbons (Fsp3) is 0.238. The Hall–Kier alpha value is -2.74. The average molecular weight is 414 g/mol. The predicted molar refractivity (Wildman–Crippen MR) is 113 cm³/mol. The zero-order valence-electron chi connectivity index (χ0n) is 31.0. The number of hydrogen-bond donors (Lipinski definition) is 4. The van der Waals surface area contributed by atoms with Crippen molar-refractivity contribution in [2.24, 2.45) is 0 Å². The van der Waals surface area contributed by atoms with E-state index in [2.05, 4.69) is 10.3 Å². The molecule has 1 heterocycles. The van der Waals surface area contributed by atoms with E-state index in [0.717, 1.165) is 11.3 Å². The quantitative estimate of drug-likeness (QED) is 0.432. The summed E-state index contributed by atoms with van der Waals surface area (Å²) in [7, 11) is 0. The van der Waals surface area contributed by atoms with Crippen molar-refractivity contribution >= 4 is 28.1 Å². The van der Waals surface area contributed by atoms with Crippen molar-refractivity contribution in [3.63, 3.8) is 0 Å². The number of rotatable bonds is 9.